The van der Waals surface area contributed by atoms with Gasteiger partial charge >= 0.3 is 0 Å². The van der Waals surface area contributed by atoms with Crippen LogP contribution in [-0.4, -0.2) is 55.4 Å². The van der Waals surface area contributed by atoms with E-state index >= 15 is 0 Å². The van der Waals surface area contributed by atoms with Crippen molar-refractivity contribution >= 4 is 33.2 Å². The number of hydrogen-bond donors (Lipinski definition) is 1. The molecule has 190 valence electrons. The number of aryl methyl sites for hydroxylation is 1. The van der Waals surface area contributed by atoms with Gasteiger partial charge in [0.15, 0.2) is 0 Å². The molecule has 0 radical (unpaired) electrons. The largest absolute Gasteiger partial charge is 0.354 e. The number of sulfonamides is 1. The number of amides is 2. The average Bonchev–Trinajstić information content (AvgIpc) is 2.81. The second-order valence-electron chi connectivity index (χ2n) is 8.37. The molecule has 2 aromatic rings. The van der Waals surface area contributed by atoms with Gasteiger partial charge < -0.3 is 10.2 Å². The normalized spacial score (nSPS) is 12.0. The number of non-ortho nitro benzene ring substituents is 1. The summed E-state index contributed by atoms with van der Waals surface area (Å²) in [5.41, 5.74) is 1.50. The van der Waals surface area contributed by atoms with Crippen molar-refractivity contribution in [1.82, 2.24) is 10.2 Å². The Kier molecular flexibility index (Phi) is 9.76. The number of nitrogens with one attached hydrogen (secondary N) is 1. The highest BCUT2D eigenvalue weighted by Gasteiger charge is 2.30. The van der Waals surface area contributed by atoms with Gasteiger partial charge in [-0.15, -0.1) is 0 Å². The molecule has 1 atom stereocenters. The van der Waals surface area contributed by atoms with E-state index in [4.69, 9.17) is 0 Å². The first kappa shape index (κ1) is 27.8. The summed E-state index contributed by atoms with van der Waals surface area (Å²) in [4.78, 5) is 38.1. The Morgan fingerprint density at radius 2 is 1.80 bits per heavy atom. The van der Waals surface area contributed by atoms with E-state index in [1.165, 1.54) is 23.1 Å². The summed E-state index contributed by atoms with van der Waals surface area (Å²) in [6.07, 6.45) is 2.61. The highest BCUT2D eigenvalue weighted by molar-refractivity contribution is 7.92. The van der Waals surface area contributed by atoms with Crippen LogP contribution in [0.1, 0.15) is 37.8 Å². The highest BCUT2D eigenvalue weighted by atomic mass is 32.2. The summed E-state index contributed by atoms with van der Waals surface area (Å²) < 4.78 is 25.9. The first-order chi connectivity index (χ1) is 16.4. The molecule has 0 spiro atoms. The second-order valence-corrected chi connectivity index (χ2v) is 10.3. The number of hydrogen-bond acceptors (Lipinski definition) is 6. The fraction of sp³-hybridized carbons (Fsp3) is 0.417. The third kappa shape index (κ3) is 8.06. The number of anilines is 1. The van der Waals surface area contributed by atoms with Crippen LogP contribution in [0.4, 0.5) is 11.4 Å². The third-order valence-corrected chi connectivity index (χ3v) is 6.62. The SMILES string of the molecule is CCCCNC(=O)C(C)N(Cc1ccc(C)cc1)C(=O)CN(c1cccc([N+](=O)[O-])c1)S(C)(=O)=O. The minimum Gasteiger partial charge on any atom is -0.354 e. The van der Waals surface area contributed by atoms with Gasteiger partial charge in [0, 0.05) is 25.2 Å². The highest BCUT2D eigenvalue weighted by Crippen LogP contribution is 2.24. The van der Waals surface area contributed by atoms with Crippen molar-refractivity contribution in [2.45, 2.75) is 46.2 Å². The number of carbonyl (C=O) groups excluding carboxylic acids is 2. The van der Waals surface area contributed by atoms with Crippen LogP contribution in [0.3, 0.4) is 0 Å². The molecule has 0 bridgehead atoms. The van der Waals surface area contributed by atoms with Crippen LogP contribution < -0.4 is 9.62 Å². The van der Waals surface area contributed by atoms with E-state index in [9.17, 15) is 28.1 Å². The van der Waals surface area contributed by atoms with Gasteiger partial charge in [0.05, 0.1) is 16.9 Å². The lowest BCUT2D eigenvalue weighted by atomic mass is 10.1. The summed E-state index contributed by atoms with van der Waals surface area (Å²) in [5, 5.41) is 14.0. The predicted octanol–water partition coefficient (Wildman–Crippen LogP) is 3.00. The second kappa shape index (κ2) is 12.3. The number of unbranched alkanes of at least 4 members (excludes halogenated alkanes) is 1. The predicted molar refractivity (Wildman–Crippen MR) is 134 cm³/mol. The summed E-state index contributed by atoms with van der Waals surface area (Å²) in [5.74, 6) is -0.958. The minimum absolute atomic E-state index is 0.00890. The molecule has 0 saturated carbocycles. The smallest absolute Gasteiger partial charge is 0.271 e. The van der Waals surface area contributed by atoms with Crippen molar-refractivity contribution in [2.75, 3.05) is 23.7 Å². The van der Waals surface area contributed by atoms with Crippen LogP contribution in [0.15, 0.2) is 48.5 Å². The fourth-order valence-corrected chi connectivity index (χ4v) is 4.23. The Labute approximate surface area is 206 Å². The van der Waals surface area contributed by atoms with E-state index in [-0.39, 0.29) is 23.8 Å². The van der Waals surface area contributed by atoms with Crippen LogP contribution in [0.5, 0.6) is 0 Å². The first-order valence-corrected chi connectivity index (χ1v) is 13.1. The molecular weight excluding hydrogens is 472 g/mol. The van der Waals surface area contributed by atoms with Crippen molar-refractivity contribution in [3.8, 4) is 0 Å². The molecule has 35 heavy (non-hydrogen) atoms. The molecule has 2 amide bonds. The zero-order chi connectivity index (χ0) is 26.2. The Balaban J connectivity index is 2.38. The van der Waals surface area contributed by atoms with Crippen LogP contribution in [-0.2, 0) is 26.2 Å². The lowest BCUT2D eigenvalue weighted by Crippen LogP contribution is -2.51. The number of carbonyl (C=O) groups is 2. The quantitative estimate of drug-likeness (QED) is 0.269. The van der Waals surface area contributed by atoms with Crippen LogP contribution in [0, 0.1) is 17.0 Å². The maximum absolute atomic E-state index is 13.4. The molecule has 1 unspecified atom stereocenters. The maximum Gasteiger partial charge on any atom is 0.271 e. The number of rotatable bonds is 12. The molecule has 0 aliphatic heterocycles. The van der Waals surface area contributed by atoms with Crippen LogP contribution in [0.2, 0.25) is 0 Å². The number of benzene rings is 2. The third-order valence-electron chi connectivity index (χ3n) is 5.48. The standard InChI is InChI=1S/C24H32N4O6S/c1-5-6-14-25-24(30)19(3)26(16-20-12-10-18(2)11-13-20)23(29)17-27(35(4,33)34)21-8-7-9-22(15-21)28(31)32/h7-13,15,19H,5-6,14,16-17H2,1-4H3,(H,25,30). The van der Waals surface area contributed by atoms with E-state index in [1.54, 1.807) is 6.92 Å². The van der Waals surface area contributed by atoms with Crippen molar-refractivity contribution < 1.29 is 22.9 Å². The molecule has 0 saturated heterocycles. The molecule has 0 fully saturated rings. The molecule has 10 nitrogen and oxygen atoms in total. The van der Waals surface area contributed by atoms with Crippen LogP contribution in [0.25, 0.3) is 0 Å². The zero-order valence-electron chi connectivity index (χ0n) is 20.4. The van der Waals surface area contributed by atoms with Gasteiger partial charge in [-0.1, -0.05) is 49.2 Å². The minimum atomic E-state index is -3.97. The molecule has 0 aliphatic rings. The van der Waals surface area contributed by atoms with Gasteiger partial charge in [-0.25, -0.2) is 8.42 Å². The van der Waals surface area contributed by atoms with Crippen molar-refractivity contribution in [1.29, 1.82) is 0 Å². The van der Waals surface area contributed by atoms with Gasteiger partial charge in [-0.3, -0.25) is 24.0 Å². The van der Waals surface area contributed by atoms with E-state index in [0.29, 0.717) is 6.54 Å². The van der Waals surface area contributed by atoms with E-state index < -0.39 is 33.4 Å². The maximum atomic E-state index is 13.4. The van der Waals surface area contributed by atoms with Gasteiger partial charge in [0.25, 0.3) is 5.69 Å². The first-order valence-electron chi connectivity index (χ1n) is 11.3. The lowest BCUT2D eigenvalue weighted by Gasteiger charge is -2.31. The topological polar surface area (TPSA) is 130 Å². The molecule has 0 aliphatic carbocycles. The Bertz CT molecular complexity index is 1150. The summed E-state index contributed by atoms with van der Waals surface area (Å²) in [6, 6.07) is 11.6. The van der Waals surface area contributed by atoms with E-state index in [0.717, 1.165) is 40.6 Å². The average molecular weight is 505 g/mol. The monoisotopic (exact) mass is 504 g/mol. The van der Waals surface area contributed by atoms with Gasteiger partial charge in [0.1, 0.15) is 12.6 Å². The van der Waals surface area contributed by atoms with Crippen molar-refractivity contribution in [3.05, 3.63) is 69.8 Å². The number of nitrogens with zero attached hydrogens (tertiary/aromatic N) is 3. The summed E-state index contributed by atoms with van der Waals surface area (Å²) >= 11 is 0. The van der Waals surface area contributed by atoms with Crippen molar-refractivity contribution in [2.24, 2.45) is 0 Å². The summed E-state index contributed by atoms with van der Waals surface area (Å²) in [7, 11) is -3.97. The molecule has 1 N–H and O–H groups in total. The van der Waals surface area contributed by atoms with Crippen LogP contribution >= 0.6 is 0 Å². The molecule has 2 aromatic carbocycles. The van der Waals surface area contributed by atoms with E-state index in [2.05, 4.69) is 5.32 Å². The molecule has 2 rings (SSSR count). The number of nitro groups is 1. The lowest BCUT2D eigenvalue weighted by molar-refractivity contribution is -0.384. The van der Waals surface area contributed by atoms with Gasteiger partial charge in [-0.2, -0.15) is 0 Å². The molecule has 0 aromatic heterocycles. The molecule has 11 heteroatoms. The summed E-state index contributed by atoms with van der Waals surface area (Å²) in [6.45, 7) is 5.46. The number of nitro benzene ring substituents is 1. The Morgan fingerprint density at radius 1 is 1.14 bits per heavy atom. The van der Waals surface area contributed by atoms with Crippen molar-refractivity contribution in [3.63, 3.8) is 0 Å². The Hall–Kier alpha value is -3.47. The molecular formula is C24H32N4O6S. The van der Waals surface area contributed by atoms with Gasteiger partial charge in [-0.05, 0) is 31.9 Å². The van der Waals surface area contributed by atoms with E-state index in [1.807, 2.05) is 38.1 Å². The zero-order valence-corrected chi connectivity index (χ0v) is 21.2. The molecule has 0 heterocycles. The van der Waals surface area contributed by atoms with Gasteiger partial charge in [0.2, 0.25) is 21.8 Å². The fourth-order valence-electron chi connectivity index (χ4n) is 3.38. The Morgan fingerprint density at radius 3 is 2.37 bits per heavy atom.